The minimum Gasteiger partial charge on any atom is -0.381 e. The van der Waals surface area contributed by atoms with Crippen LogP contribution in [0.3, 0.4) is 0 Å². The average molecular weight is 325 g/mol. The Balaban J connectivity index is 2.15. The van der Waals surface area contributed by atoms with Gasteiger partial charge in [-0.2, -0.15) is 4.98 Å². The maximum absolute atomic E-state index is 12.9. The Morgan fingerprint density at radius 1 is 1.45 bits per heavy atom. The molecule has 3 heterocycles. The van der Waals surface area contributed by atoms with Crippen LogP contribution in [0.1, 0.15) is 33.1 Å². The Hall–Kier alpha value is -1.40. The van der Waals surface area contributed by atoms with Crippen LogP contribution < -0.4 is 9.80 Å². The molecular formula is C15H21ClN4O2. The van der Waals surface area contributed by atoms with Crippen molar-refractivity contribution in [2.75, 3.05) is 30.1 Å². The maximum atomic E-state index is 12.9. The largest absolute Gasteiger partial charge is 0.381 e. The van der Waals surface area contributed by atoms with Gasteiger partial charge < -0.3 is 14.5 Å². The molecule has 2 aliphatic rings. The maximum Gasteiger partial charge on any atom is 0.252 e. The van der Waals surface area contributed by atoms with Gasteiger partial charge in [0.05, 0.1) is 6.20 Å². The van der Waals surface area contributed by atoms with E-state index < -0.39 is 5.54 Å². The fourth-order valence-electron chi connectivity index (χ4n) is 3.41. The lowest BCUT2D eigenvalue weighted by molar-refractivity contribution is -0.124. The second-order valence-corrected chi connectivity index (χ2v) is 6.39. The van der Waals surface area contributed by atoms with Crippen molar-refractivity contribution in [3.8, 4) is 0 Å². The zero-order valence-corrected chi connectivity index (χ0v) is 13.9. The van der Waals surface area contributed by atoms with E-state index in [2.05, 4.69) is 14.9 Å². The molecule has 1 aromatic rings. The molecule has 1 amide bonds. The Labute approximate surface area is 135 Å². The van der Waals surface area contributed by atoms with Crippen molar-refractivity contribution in [3.05, 3.63) is 11.5 Å². The van der Waals surface area contributed by atoms with Crippen LogP contribution in [0.5, 0.6) is 0 Å². The van der Waals surface area contributed by atoms with Crippen molar-refractivity contribution in [1.29, 1.82) is 0 Å². The second-order valence-electron chi connectivity index (χ2n) is 6.05. The molecule has 0 aliphatic carbocycles. The molecule has 2 aliphatic heterocycles. The van der Waals surface area contributed by atoms with Crippen molar-refractivity contribution >= 4 is 29.0 Å². The third kappa shape index (κ3) is 2.25. The predicted molar refractivity (Wildman–Crippen MR) is 85.5 cm³/mol. The lowest BCUT2D eigenvalue weighted by Crippen LogP contribution is -2.64. The molecule has 1 fully saturated rings. The lowest BCUT2D eigenvalue weighted by Gasteiger charge is -2.51. The van der Waals surface area contributed by atoms with E-state index in [1.165, 1.54) is 0 Å². The summed E-state index contributed by atoms with van der Waals surface area (Å²) in [5.74, 6) is 0.818. The van der Waals surface area contributed by atoms with Gasteiger partial charge in [-0.25, -0.2) is 4.98 Å². The van der Waals surface area contributed by atoms with Crippen molar-refractivity contribution in [2.24, 2.45) is 0 Å². The van der Waals surface area contributed by atoms with Crippen molar-refractivity contribution in [2.45, 2.75) is 44.7 Å². The van der Waals surface area contributed by atoms with Crippen LogP contribution in [0.25, 0.3) is 0 Å². The molecule has 1 saturated heterocycles. The van der Waals surface area contributed by atoms with E-state index in [1.54, 1.807) is 18.1 Å². The van der Waals surface area contributed by atoms with E-state index >= 15 is 0 Å². The van der Waals surface area contributed by atoms with Gasteiger partial charge in [-0.15, -0.1) is 0 Å². The molecule has 0 spiro atoms. The van der Waals surface area contributed by atoms with Gasteiger partial charge in [-0.05, 0) is 37.8 Å². The Kier molecular flexibility index (Phi) is 3.99. The summed E-state index contributed by atoms with van der Waals surface area (Å²) in [5.41, 5.74) is 0.0911. The molecule has 0 bridgehead atoms. The summed E-state index contributed by atoms with van der Waals surface area (Å²) >= 11 is 6.02. The minimum atomic E-state index is -0.624. The highest BCUT2D eigenvalue weighted by atomic mass is 35.5. The molecule has 7 heteroatoms. The van der Waals surface area contributed by atoms with E-state index in [9.17, 15) is 4.79 Å². The third-order valence-corrected chi connectivity index (χ3v) is 5.03. The highest BCUT2D eigenvalue weighted by Gasteiger charge is 2.49. The first-order chi connectivity index (χ1) is 10.5. The zero-order valence-electron chi connectivity index (χ0n) is 13.2. The van der Waals surface area contributed by atoms with Gasteiger partial charge in [-0.1, -0.05) is 6.92 Å². The van der Waals surface area contributed by atoms with Gasteiger partial charge >= 0.3 is 0 Å². The quantitative estimate of drug-likeness (QED) is 0.781. The van der Waals surface area contributed by atoms with Gasteiger partial charge in [0.1, 0.15) is 11.2 Å². The molecule has 6 nitrogen and oxygen atoms in total. The zero-order chi connectivity index (χ0) is 15.9. The van der Waals surface area contributed by atoms with Gasteiger partial charge in [0.25, 0.3) is 5.91 Å². The number of carbonyl (C=O) groups excluding carboxylic acids is 1. The topological polar surface area (TPSA) is 58.6 Å². The molecule has 1 atom stereocenters. The first kappa shape index (κ1) is 15.5. The van der Waals surface area contributed by atoms with Gasteiger partial charge in [0, 0.05) is 26.3 Å². The minimum absolute atomic E-state index is 0.0694. The number of carbonyl (C=O) groups is 1. The molecule has 1 aromatic heterocycles. The fraction of sp³-hybridized carbons (Fsp3) is 0.667. The SMILES string of the molecule is CC[C@]1(C)C(=O)N(C)c2cnc(Cl)nc2N1C1CCOCC1. The van der Waals surface area contributed by atoms with E-state index in [-0.39, 0.29) is 17.2 Å². The highest BCUT2D eigenvalue weighted by molar-refractivity contribution is 6.28. The normalized spacial score (nSPS) is 26.3. The molecule has 0 saturated carbocycles. The molecule has 0 aromatic carbocycles. The standard InChI is InChI=1S/C15H21ClN4O2/c1-4-15(2)13(21)19(3)11-9-17-14(16)18-12(11)20(15)10-5-7-22-8-6-10/h9-10H,4-8H2,1-3H3/t15-/m1/s1. The number of likely N-dealkylation sites (N-methyl/N-ethyl adjacent to an activating group) is 1. The monoisotopic (exact) mass is 324 g/mol. The van der Waals surface area contributed by atoms with E-state index in [0.717, 1.165) is 18.7 Å². The van der Waals surface area contributed by atoms with Gasteiger partial charge in [-0.3, -0.25) is 4.79 Å². The predicted octanol–water partition coefficient (Wildman–Crippen LogP) is 2.26. The average Bonchev–Trinajstić information content (AvgIpc) is 2.54. The van der Waals surface area contributed by atoms with Crippen molar-refractivity contribution < 1.29 is 9.53 Å². The molecule has 3 rings (SSSR count). The molecule has 0 N–H and O–H groups in total. The summed E-state index contributed by atoms with van der Waals surface area (Å²) in [7, 11) is 1.77. The molecule has 0 radical (unpaired) electrons. The van der Waals surface area contributed by atoms with E-state index in [4.69, 9.17) is 16.3 Å². The fourth-order valence-corrected chi connectivity index (χ4v) is 3.54. The Morgan fingerprint density at radius 2 is 2.14 bits per heavy atom. The number of hydrogen-bond donors (Lipinski definition) is 0. The highest BCUT2D eigenvalue weighted by Crippen LogP contribution is 2.42. The number of amides is 1. The Morgan fingerprint density at radius 3 is 2.77 bits per heavy atom. The van der Waals surface area contributed by atoms with E-state index in [0.29, 0.717) is 25.3 Å². The number of fused-ring (bicyclic) bond motifs is 1. The number of halogens is 1. The summed E-state index contributed by atoms with van der Waals surface area (Å²) in [6, 6.07) is 0.223. The summed E-state index contributed by atoms with van der Waals surface area (Å²) in [5, 5.41) is 0.206. The second kappa shape index (κ2) is 5.66. The summed E-state index contributed by atoms with van der Waals surface area (Å²) in [6.45, 7) is 5.43. The third-order valence-electron chi connectivity index (χ3n) is 4.85. The van der Waals surface area contributed by atoms with Crippen LogP contribution >= 0.6 is 11.6 Å². The molecular weight excluding hydrogens is 304 g/mol. The Bertz CT molecular complexity index is 591. The van der Waals surface area contributed by atoms with Crippen LogP contribution in [-0.4, -0.2) is 47.7 Å². The van der Waals surface area contributed by atoms with Crippen molar-refractivity contribution in [1.82, 2.24) is 9.97 Å². The first-order valence-electron chi connectivity index (χ1n) is 7.67. The first-order valence-corrected chi connectivity index (χ1v) is 8.04. The van der Waals surface area contributed by atoms with Crippen LogP contribution in [0.15, 0.2) is 6.20 Å². The van der Waals surface area contributed by atoms with E-state index in [1.807, 2.05) is 13.8 Å². The molecule has 120 valence electrons. The number of nitrogens with zero attached hydrogens (tertiary/aromatic N) is 4. The van der Waals surface area contributed by atoms with Crippen LogP contribution in [0.2, 0.25) is 5.28 Å². The summed E-state index contributed by atoms with van der Waals surface area (Å²) in [6.07, 6.45) is 4.10. The summed E-state index contributed by atoms with van der Waals surface area (Å²) < 4.78 is 5.47. The molecule has 22 heavy (non-hydrogen) atoms. The number of ether oxygens (including phenoxy) is 1. The van der Waals surface area contributed by atoms with Crippen LogP contribution in [0, 0.1) is 0 Å². The van der Waals surface area contributed by atoms with Crippen LogP contribution in [-0.2, 0) is 9.53 Å². The van der Waals surface area contributed by atoms with Gasteiger partial charge in [0.2, 0.25) is 5.28 Å². The number of aromatic nitrogens is 2. The van der Waals surface area contributed by atoms with Crippen LogP contribution in [0.4, 0.5) is 11.5 Å². The number of rotatable bonds is 2. The summed E-state index contributed by atoms with van der Waals surface area (Å²) in [4.78, 5) is 25.2. The number of anilines is 2. The lowest BCUT2D eigenvalue weighted by atomic mass is 9.88. The van der Waals surface area contributed by atoms with Crippen molar-refractivity contribution in [3.63, 3.8) is 0 Å². The van der Waals surface area contributed by atoms with Gasteiger partial charge in [0.15, 0.2) is 5.82 Å². The number of hydrogen-bond acceptors (Lipinski definition) is 5. The smallest absolute Gasteiger partial charge is 0.252 e. The molecule has 0 unspecified atom stereocenters.